The fourth-order valence-electron chi connectivity index (χ4n) is 2.38. The number of benzene rings is 1. The Morgan fingerprint density at radius 2 is 2.00 bits per heavy atom. The van der Waals surface area contributed by atoms with Gasteiger partial charge in [0.1, 0.15) is 5.56 Å². The van der Waals surface area contributed by atoms with Crippen molar-refractivity contribution >= 4 is 5.91 Å². The molecule has 0 saturated heterocycles. The molecule has 2 heterocycles. The van der Waals surface area contributed by atoms with E-state index in [9.17, 15) is 9.59 Å². The minimum atomic E-state index is -0.485. The number of H-pyrrole nitrogens is 1. The van der Waals surface area contributed by atoms with Crippen molar-refractivity contribution in [3.63, 3.8) is 0 Å². The molecule has 3 rings (SSSR count). The van der Waals surface area contributed by atoms with E-state index in [0.717, 1.165) is 5.56 Å². The average Bonchev–Trinajstić information content (AvgIpc) is 3.04. The van der Waals surface area contributed by atoms with Crippen molar-refractivity contribution < 1.29 is 9.32 Å². The van der Waals surface area contributed by atoms with E-state index in [1.54, 1.807) is 19.9 Å². The average molecular weight is 338 g/mol. The highest BCUT2D eigenvalue weighted by molar-refractivity contribution is 5.93. The lowest BCUT2D eigenvalue weighted by atomic mass is 10.1. The van der Waals surface area contributed by atoms with Gasteiger partial charge in [0, 0.05) is 5.69 Å². The van der Waals surface area contributed by atoms with Gasteiger partial charge in [0.05, 0.1) is 12.5 Å². The number of rotatable bonds is 5. The maximum absolute atomic E-state index is 12.2. The summed E-state index contributed by atoms with van der Waals surface area (Å²) in [6.45, 7) is 3.48. The zero-order chi connectivity index (χ0) is 17.8. The van der Waals surface area contributed by atoms with E-state index in [0.29, 0.717) is 23.8 Å². The molecule has 0 bridgehead atoms. The molecule has 3 aromatic rings. The summed E-state index contributed by atoms with van der Waals surface area (Å²) in [4.78, 5) is 31.0. The van der Waals surface area contributed by atoms with Crippen molar-refractivity contribution in [1.82, 2.24) is 20.4 Å². The summed E-state index contributed by atoms with van der Waals surface area (Å²) in [5.74, 6) is 0.349. The van der Waals surface area contributed by atoms with E-state index in [-0.39, 0.29) is 5.56 Å². The Kier molecular flexibility index (Phi) is 4.74. The molecule has 128 valence electrons. The van der Waals surface area contributed by atoms with E-state index in [2.05, 4.69) is 20.4 Å². The van der Waals surface area contributed by atoms with Crippen molar-refractivity contribution in [3.8, 4) is 0 Å². The van der Waals surface area contributed by atoms with Gasteiger partial charge in [0.15, 0.2) is 5.82 Å². The van der Waals surface area contributed by atoms with Crippen molar-refractivity contribution in [2.24, 2.45) is 0 Å². The molecule has 1 aromatic carbocycles. The van der Waals surface area contributed by atoms with Gasteiger partial charge in [0.2, 0.25) is 5.89 Å². The molecule has 7 heteroatoms. The lowest BCUT2D eigenvalue weighted by molar-refractivity contribution is 0.0936. The number of hydrogen-bond donors (Lipinski definition) is 2. The highest BCUT2D eigenvalue weighted by Crippen LogP contribution is 2.12. The van der Waals surface area contributed by atoms with Crippen LogP contribution in [0.25, 0.3) is 0 Å². The quantitative estimate of drug-likeness (QED) is 0.742. The van der Waals surface area contributed by atoms with Crippen LogP contribution in [0.1, 0.15) is 46.3 Å². The van der Waals surface area contributed by atoms with Crippen LogP contribution in [-0.4, -0.2) is 21.0 Å². The smallest absolute Gasteiger partial charge is 0.260 e. The third-order valence-corrected chi connectivity index (χ3v) is 3.72. The Morgan fingerprint density at radius 1 is 1.24 bits per heavy atom. The SMILES string of the molecule is Cc1ccc(C(=O)NC(C)c2noc(Cc3ccccc3)n2)c(=O)[nH]1. The third kappa shape index (κ3) is 4.00. The molecule has 0 aliphatic carbocycles. The zero-order valence-electron chi connectivity index (χ0n) is 13.9. The van der Waals surface area contributed by atoms with Gasteiger partial charge >= 0.3 is 0 Å². The molecule has 1 atom stereocenters. The first kappa shape index (κ1) is 16.6. The maximum Gasteiger partial charge on any atom is 0.260 e. The second-order valence-corrected chi connectivity index (χ2v) is 5.79. The van der Waals surface area contributed by atoms with Crippen molar-refractivity contribution in [2.75, 3.05) is 0 Å². The van der Waals surface area contributed by atoms with E-state index in [4.69, 9.17) is 4.52 Å². The molecule has 0 fully saturated rings. The monoisotopic (exact) mass is 338 g/mol. The number of aryl methyl sites for hydroxylation is 1. The first-order chi connectivity index (χ1) is 12.0. The fourth-order valence-corrected chi connectivity index (χ4v) is 2.38. The number of amides is 1. The van der Waals surface area contributed by atoms with Gasteiger partial charge in [-0.2, -0.15) is 4.98 Å². The van der Waals surface area contributed by atoms with Crippen LogP contribution in [-0.2, 0) is 6.42 Å². The molecule has 7 nitrogen and oxygen atoms in total. The van der Waals surface area contributed by atoms with E-state index in [1.165, 1.54) is 6.07 Å². The van der Waals surface area contributed by atoms with Crippen LogP contribution < -0.4 is 10.9 Å². The number of carbonyl (C=O) groups is 1. The topological polar surface area (TPSA) is 101 Å². The Bertz CT molecular complexity index is 931. The Labute approximate surface area is 144 Å². The highest BCUT2D eigenvalue weighted by Gasteiger charge is 2.18. The summed E-state index contributed by atoms with van der Waals surface area (Å²) in [5.41, 5.74) is 1.37. The van der Waals surface area contributed by atoms with Crippen molar-refractivity contribution in [3.05, 3.63) is 81.4 Å². The normalized spacial score (nSPS) is 11.9. The summed E-state index contributed by atoms with van der Waals surface area (Å²) in [6.07, 6.45) is 0.520. The number of hydrogen-bond acceptors (Lipinski definition) is 5. The molecule has 1 unspecified atom stereocenters. The van der Waals surface area contributed by atoms with Gasteiger partial charge in [-0.3, -0.25) is 9.59 Å². The minimum Gasteiger partial charge on any atom is -0.342 e. The summed E-state index contributed by atoms with van der Waals surface area (Å²) < 4.78 is 5.24. The molecule has 25 heavy (non-hydrogen) atoms. The molecular weight excluding hydrogens is 320 g/mol. The van der Waals surface area contributed by atoms with Crippen molar-refractivity contribution in [1.29, 1.82) is 0 Å². The molecule has 0 radical (unpaired) electrons. The molecule has 0 saturated carbocycles. The number of aromatic amines is 1. The van der Waals surface area contributed by atoms with Gasteiger partial charge < -0.3 is 14.8 Å². The molecule has 1 amide bonds. The molecule has 0 aliphatic heterocycles. The van der Waals surface area contributed by atoms with Gasteiger partial charge in [-0.15, -0.1) is 0 Å². The third-order valence-electron chi connectivity index (χ3n) is 3.72. The number of carbonyl (C=O) groups excluding carboxylic acids is 1. The number of nitrogens with zero attached hydrogens (tertiary/aromatic N) is 2. The largest absolute Gasteiger partial charge is 0.342 e. The minimum absolute atomic E-state index is 0.0467. The number of nitrogens with one attached hydrogen (secondary N) is 2. The van der Waals surface area contributed by atoms with Gasteiger partial charge in [-0.25, -0.2) is 0 Å². The lowest BCUT2D eigenvalue weighted by Gasteiger charge is -2.09. The van der Waals surface area contributed by atoms with Crippen LogP contribution in [0.15, 0.2) is 51.8 Å². The van der Waals surface area contributed by atoms with Crippen molar-refractivity contribution in [2.45, 2.75) is 26.3 Å². The molecule has 0 aliphatic rings. The summed E-state index contributed by atoms with van der Waals surface area (Å²) in [7, 11) is 0. The summed E-state index contributed by atoms with van der Waals surface area (Å²) >= 11 is 0. The van der Waals surface area contributed by atoms with Crippen LogP contribution in [0, 0.1) is 6.92 Å². The van der Waals surface area contributed by atoms with E-state index >= 15 is 0 Å². The fraction of sp³-hybridized carbons (Fsp3) is 0.222. The summed E-state index contributed by atoms with van der Waals surface area (Å²) in [6, 6.07) is 12.4. The van der Waals surface area contributed by atoms with Crippen LogP contribution in [0.5, 0.6) is 0 Å². The summed E-state index contributed by atoms with van der Waals surface area (Å²) in [5, 5.41) is 6.61. The molecule has 2 N–H and O–H groups in total. The number of pyridine rings is 1. The maximum atomic E-state index is 12.2. The highest BCUT2D eigenvalue weighted by atomic mass is 16.5. The van der Waals surface area contributed by atoms with Crippen LogP contribution in [0.2, 0.25) is 0 Å². The molecular formula is C18H18N4O3. The van der Waals surface area contributed by atoms with E-state index < -0.39 is 17.5 Å². The Morgan fingerprint density at radius 3 is 2.72 bits per heavy atom. The predicted octanol–water partition coefficient (Wildman–Crippen LogP) is 2.15. The molecule has 2 aromatic heterocycles. The Hall–Kier alpha value is -3.22. The first-order valence-corrected chi connectivity index (χ1v) is 7.90. The predicted molar refractivity (Wildman–Crippen MR) is 91.2 cm³/mol. The Balaban J connectivity index is 1.68. The standard InChI is InChI=1S/C18H18N4O3/c1-11-8-9-14(17(23)19-11)18(24)20-12(2)16-21-15(25-22-16)10-13-6-4-3-5-7-13/h3-9,12H,10H2,1-2H3,(H,19,23)(H,20,24). The van der Waals surface area contributed by atoms with Gasteiger partial charge in [-0.05, 0) is 31.5 Å². The van der Waals surface area contributed by atoms with Crippen LogP contribution in [0.4, 0.5) is 0 Å². The zero-order valence-corrected chi connectivity index (χ0v) is 13.9. The lowest BCUT2D eigenvalue weighted by Crippen LogP contribution is -2.32. The van der Waals surface area contributed by atoms with Crippen LogP contribution in [0.3, 0.4) is 0 Å². The molecule has 0 spiro atoms. The second-order valence-electron chi connectivity index (χ2n) is 5.79. The van der Waals surface area contributed by atoms with Gasteiger partial charge in [-0.1, -0.05) is 35.5 Å². The first-order valence-electron chi connectivity index (χ1n) is 7.90. The second kappa shape index (κ2) is 7.12. The number of aromatic nitrogens is 3. The van der Waals surface area contributed by atoms with Crippen LogP contribution >= 0.6 is 0 Å². The van der Waals surface area contributed by atoms with Gasteiger partial charge in [0.25, 0.3) is 11.5 Å². The van der Waals surface area contributed by atoms with E-state index in [1.807, 2.05) is 30.3 Å².